The lowest BCUT2D eigenvalue weighted by Crippen LogP contribution is -2.39. The molecule has 2 rings (SSSR count). The van der Waals surface area contributed by atoms with Crippen LogP contribution < -0.4 is 9.46 Å². The van der Waals surface area contributed by atoms with E-state index in [4.69, 9.17) is 4.74 Å². The van der Waals surface area contributed by atoms with Crippen LogP contribution in [0, 0.1) is 0 Å². The molecule has 22 heavy (non-hydrogen) atoms. The molecule has 1 atom stereocenters. The minimum absolute atomic E-state index is 0.585. The first kappa shape index (κ1) is 16.5. The van der Waals surface area contributed by atoms with Crippen LogP contribution in [-0.4, -0.2) is 43.5 Å². The van der Waals surface area contributed by atoms with Crippen molar-refractivity contribution in [3.63, 3.8) is 0 Å². The van der Waals surface area contributed by atoms with Gasteiger partial charge in [-0.05, 0) is 17.7 Å². The zero-order chi connectivity index (χ0) is 16.3. The molecule has 1 N–H and O–H groups in total. The number of methoxy groups -OCH3 is 1. The van der Waals surface area contributed by atoms with Crippen LogP contribution in [0.4, 0.5) is 0 Å². The Balaban J connectivity index is 2.44. The molecule has 0 saturated heterocycles. The van der Waals surface area contributed by atoms with Crippen LogP contribution >= 0.6 is 0 Å². The molecule has 0 unspecified atom stereocenters. The number of hydrogen-bond donors (Lipinski definition) is 1. The summed E-state index contributed by atoms with van der Waals surface area (Å²) in [5.74, 6) is 1.31. The standard InChI is InChI=1S/C14H20N4O3S/c1-17(2)22(19,20)16-13(14-15-9-10-18(14)3)11-5-7-12(21-4)8-6-11/h5-10,13,16H,1-4H3/t13-/m0/s1. The average Bonchev–Trinajstić information content (AvgIpc) is 2.91. The maximum atomic E-state index is 12.2. The highest BCUT2D eigenvalue weighted by molar-refractivity contribution is 7.87. The maximum absolute atomic E-state index is 12.2. The van der Waals surface area contributed by atoms with Crippen LogP contribution in [0.2, 0.25) is 0 Å². The van der Waals surface area contributed by atoms with Gasteiger partial charge in [-0.15, -0.1) is 0 Å². The Kier molecular flexibility index (Phi) is 4.84. The molecule has 1 aromatic heterocycles. The topological polar surface area (TPSA) is 76.5 Å². The van der Waals surface area contributed by atoms with Crippen molar-refractivity contribution < 1.29 is 13.2 Å². The molecular formula is C14H20N4O3S. The van der Waals surface area contributed by atoms with E-state index in [1.165, 1.54) is 14.1 Å². The van der Waals surface area contributed by atoms with Crippen LogP contribution in [0.3, 0.4) is 0 Å². The van der Waals surface area contributed by atoms with Gasteiger partial charge in [0.25, 0.3) is 10.2 Å². The number of benzene rings is 1. The largest absolute Gasteiger partial charge is 0.497 e. The van der Waals surface area contributed by atoms with E-state index >= 15 is 0 Å². The molecule has 1 aromatic carbocycles. The van der Waals surface area contributed by atoms with Crippen molar-refractivity contribution >= 4 is 10.2 Å². The van der Waals surface area contributed by atoms with Gasteiger partial charge in [-0.3, -0.25) is 0 Å². The smallest absolute Gasteiger partial charge is 0.279 e. The number of rotatable bonds is 6. The second-order valence-electron chi connectivity index (χ2n) is 5.01. The van der Waals surface area contributed by atoms with Crippen LogP contribution in [0.25, 0.3) is 0 Å². The fourth-order valence-electron chi connectivity index (χ4n) is 1.98. The van der Waals surface area contributed by atoms with Crippen molar-refractivity contribution in [2.24, 2.45) is 7.05 Å². The summed E-state index contributed by atoms with van der Waals surface area (Å²) in [4.78, 5) is 4.26. The zero-order valence-corrected chi connectivity index (χ0v) is 13.8. The summed E-state index contributed by atoms with van der Waals surface area (Å²) in [6.07, 6.45) is 3.41. The zero-order valence-electron chi connectivity index (χ0n) is 13.0. The predicted molar refractivity (Wildman–Crippen MR) is 83.8 cm³/mol. The van der Waals surface area contributed by atoms with Gasteiger partial charge in [-0.25, -0.2) is 4.98 Å². The van der Waals surface area contributed by atoms with Crippen LogP contribution in [0.15, 0.2) is 36.7 Å². The lowest BCUT2D eigenvalue weighted by atomic mass is 10.1. The number of aromatic nitrogens is 2. The van der Waals surface area contributed by atoms with Gasteiger partial charge in [0.05, 0.1) is 7.11 Å². The van der Waals surface area contributed by atoms with Crippen molar-refractivity contribution in [2.75, 3.05) is 21.2 Å². The fraction of sp³-hybridized carbons (Fsp3) is 0.357. The fourth-order valence-corrected chi connectivity index (χ4v) is 2.73. The molecule has 0 radical (unpaired) electrons. The van der Waals surface area contributed by atoms with Crippen molar-refractivity contribution in [1.82, 2.24) is 18.6 Å². The monoisotopic (exact) mass is 324 g/mol. The van der Waals surface area contributed by atoms with E-state index in [9.17, 15) is 8.42 Å². The normalized spacial score (nSPS) is 13.3. The summed E-state index contributed by atoms with van der Waals surface area (Å²) >= 11 is 0. The first-order chi connectivity index (χ1) is 10.3. The van der Waals surface area contributed by atoms with E-state index < -0.39 is 16.3 Å². The summed E-state index contributed by atoms with van der Waals surface area (Å²) in [6, 6.07) is 6.62. The third-order valence-corrected chi connectivity index (χ3v) is 4.81. The van der Waals surface area contributed by atoms with Gasteiger partial charge in [-0.1, -0.05) is 12.1 Å². The molecule has 0 aliphatic carbocycles. The predicted octanol–water partition coefficient (Wildman–Crippen LogP) is 0.914. The van der Waals surface area contributed by atoms with Crippen molar-refractivity contribution in [2.45, 2.75) is 6.04 Å². The Morgan fingerprint density at radius 3 is 2.36 bits per heavy atom. The average molecular weight is 324 g/mol. The molecule has 2 aromatic rings. The molecule has 7 nitrogen and oxygen atoms in total. The SMILES string of the molecule is COc1ccc([C@H](NS(=O)(=O)N(C)C)c2nccn2C)cc1. The number of nitrogens with zero attached hydrogens (tertiary/aromatic N) is 3. The molecule has 0 fully saturated rings. The lowest BCUT2D eigenvalue weighted by molar-refractivity contribution is 0.414. The molecule has 0 aliphatic heterocycles. The highest BCUT2D eigenvalue weighted by Crippen LogP contribution is 2.24. The first-order valence-corrected chi connectivity index (χ1v) is 8.10. The number of aryl methyl sites for hydroxylation is 1. The van der Waals surface area contributed by atoms with Gasteiger partial charge < -0.3 is 9.30 Å². The molecular weight excluding hydrogens is 304 g/mol. The minimum atomic E-state index is -3.61. The highest BCUT2D eigenvalue weighted by atomic mass is 32.2. The van der Waals surface area contributed by atoms with E-state index in [1.807, 2.05) is 19.2 Å². The molecule has 0 saturated carbocycles. The van der Waals surface area contributed by atoms with Crippen molar-refractivity contribution in [3.8, 4) is 5.75 Å². The van der Waals surface area contributed by atoms with Crippen molar-refractivity contribution in [3.05, 3.63) is 48.0 Å². The molecule has 0 amide bonds. The maximum Gasteiger partial charge on any atom is 0.279 e. The molecule has 0 aliphatic rings. The van der Waals surface area contributed by atoms with Gasteiger partial charge in [0.1, 0.15) is 17.6 Å². The van der Waals surface area contributed by atoms with Gasteiger partial charge >= 0.3 is 0 Å². The number of hydrogen-bond acceptors (Lipinski definition) is 4. The van der Waals surface area contributed by atoms with E-state index in [2.05, 4.69) is 9.71 Å². The molecule has 1 heterocycles. The summed E-state index contributed by atoms with van der Waals surface area (Å²) in [7, 11) is 2.76. The molecule has 0 bridgehead atoms. The second-order valence-corrected chi connectivity index (χ2v) is 6.92. The third kappa shape index (κ3) is 3.46. The Morgan fingerprint density at radius 2 is 1.91 bits per heavy atom. The molecule has 120 valence electrons. The number of imidazole rings is 1. The third-order valence-electron chi connectivity index (χ3n) is 3.31. The highest BCUT2D eigenvalue weighted by Gasteiger charge is 2.25. The summed E-state index contributed by atoms with van der Waals surface area (Å²) < 4.78 is 35.1. The van der Waals surface area contributed by atoms with Crippen LogP contribution in [-0.2, 0) is 17.3 Å². The van der Waals surface area contributed by atoms with Crippen LogP contribution in [0.5, 0.6) is 5.75 Å². The van der Waals surface area contributed by atoms with Gasteiger partial charge in [0.2, 0.25) is 0 Å². The van der Waals surface area contributed by atoms with Crippen LogP contribution in [0.1, 0.15) is 17.4 Å². The lowest BCUT2D eigenvalue weighted by Gasteiger charge is -2.21. The summed E-state index contributed by atoms with van der Waals surface area (Å²) in [5.41, 5.74) is 0.778. The van der Waals surface area contributed by atoms with E-state index in [0.29, 0.717) is 11.6 Å². The van der Waals surface area contributed by atoms with E-state index in [0.717, 1.165) is 9.87 Å². The van der Waals surface area contributed by atoms with Crippen molar-refractivity contribution in [1.29, 1.82) is 0 Å². The Bertz CT molecular complexity index is 723. The summed E-state index contributed by atoms with van der Waals surface area (Å²) in [6.45, 7) is 0. The van der Waals surface area contributed by atoms with Gasteiger partial charge in [-0.2, -0.15) is 17.4 Å². The van der Waals surface area contributed by atoms with Gasteiger partial charge in [0.15, 0.2) is 0 Å². The Morgan fingerprint density at radius 1 is 1.27 bits per heavy atom. The summed E-state index contributed by atoms with van der Waals surface area (Å²) in [5, 5.41) is 0. The molecule has 8 heteroatoms. The Labute approximate surface area is 130 Å². The molecule has 0 spiro atoms. The number of nitrogens with one attached hydrogen (secondary N) is 1. The second kappa shape index (κ2) is 6.47. The quantitative estimate of drug-likeness (QED) is 0.857. The van der Waals surface area contributed by atoms with E-state index in [-0.39, 0.29) is 0 Å². The number of ether oxygens (including phenoxy) is 1. The van der Waals surface area contributed by atoms with Gasteiger partial charge in [0, 0.05) is 33.5 Å². The van der Waals surface area contributed by atoms with E-state index in [1.54, 1.807) is 36.2 Å². The first-order valence-electron chi connectivity index (χ1n) is 6.66. The minimum Gasteiger partial charge on any atom is -0.497 e. The Hall–Kier alpha value is -1.90.